The van der Waals surface area contributed by atoms with Crippen LogP contribution in [0.5, 0.6) is 0 Å². The SMILES string of the molecule is CCCC[C@H](NC(=O)OCc1ccccc1)C(=O)Nc1ccc([N+](=O)[O-])cc1. The van der Waals surface area contributed by atoms with Crippen LogP contribution in [0, 0.1) is 10.1 Å². The molecule has 0 fully saturated rings. The fourth-order valence-corrected chi connectivity index (χ4v) is 2.48. The monoisotopic (exact) mass is 385 g/mol. The molecule has 2 rings (SSSR count). The van der Waals surface area contributed by atoms with E-state index in [4.69, 9.17) is 4.74 Å². The first-order valence-electron chi connectivity index (χ1n) is 9.02. The molecule has 0 aliphatic heterocycles. The summed E-state index contributed by atoms with van der Waals surface area (Å²) in [5, 5.41) is 16.0. The molecule has 2 N–H and O–H groups in total. The summed E-state index contributed by atoms with van der Waals surface area (Å²) in [6, 6.07) is 14.0. The zero-order valence-electron chi connectivity index (χ0n) is 15.6. The highest BCUT2D eigenvalue weighted by atomic mass is 16.6. The van der Waals surface area contributed by atoms with Crippen molar-refractivity contribution in [2.24, 2.45) is 0 Å². The lowest BCUT2D eigenvalue weighted by Crippen LogP contribution is -2.44. The zero-order valence-corrected chi connectivity index (χ0v) is 15.6. The minimum Gasteiger partial charge on any atom is -0.445 e. The van der Waals surface area contributed by atoms with Crippen molar-refractivity contribution in [3.8, 4) is 0 Å². The van der Waals surface area contributed by atoms with Crippen molar-refractivity contribution < 1.29 is 19.2 Å². The molecule has 0 spiro atoms. The summed E-state index contributed by atoms with van der Waals surface area (Å²) in [6.07, 6.45) is 1.39. The summed E-state index contributed by atoms with van der Waals surface area (Å²) in [5.74, 6) is -0.404. The molecule has 0 saturated heterocycles. The Kier molecular flexibility index (Phi) is 7.95. The smallest absolute Gasteiger partial charge is 0.408 e. The number of anilines is 1. The van der Waals surface area contributed by atoms with Crippen LogP contribution in [0.25, 0.3) is 0 Å². The molecular weight excluding hydrogens is 362 g/mol. The van der Waals surface area contributed by atoms with Gasteiger partial charge in [0.25, 0.3) is 5.69 Å². The number of ether oxygens (including phenoxy) is 1. The second-order valence-electron chi connectivity index (χ2n) is 6.19. The Bertz CT molecular complexity index is 793. The van der Waals surface area contributed by atoms with Crippen molar-refractivity contribution >= 4 is 23.4 Å². The minimum absolute atomic E-state index is 0.0665. The fourth-order valence-electron chi connectivity index (χ4n) is 2.48. The third kappa shape index (κ3) is 6.71. The van der Waals surface area contributed by atoms with Crippen LogP contribution in [0.3, 0.4) is 0 Å². The van der Waals surface area contributed by atoms with Gasteiger partial charge in [0.2, 0.25) is 5.91 Å². The predicted molar refractivity (Wildman–Crippen MR) is 105 cm³/mol. The zero-order chi connectivity index (χ0) is 20.4. The molecule has 0 bridgehead atoms. The Morgan fingerprint density at radius 2 is 1.79 bits per heavy atom. The lowest BCUT2D eigenvalue weighted by atomic mass is 10.1. The second-order valence-corrected chi connectivity index (χ2v) is 6.19. The number of hydrogen-bond acceptors (Lipinski definition) is 5. The number of nitrogens with zero attached hydrogens (tertiary/aromatic N) is 1. The quantitative estimate of drug-likeness (QED) is 0.500. The van der Waals surface area contributed by atoms with E-state index in [1.165, 1.54) is 24.3 Å². The number of rotatable bonds is 9. The summed E-state index contributed by atoms with van der Waals surface area (Å²) in [4.78, 5) is 34.8. The summed E-state index contributed by atoms with van der Waals surface area (Å²) in [7, 11) is 0. The molecule has 0 saturated carbocycles. The third-order valence-corrected chi connectivity index (χ3v) is 4.01. The van der Waals surface area contributed by atoms with Gasteiger partial charge in [0.05, 0.1) is 4.92 Å². The summed E-state index contributed by atoms with van der Waals surface area (Å²) >= 11 is 0. The average molecular weight is 385 g/mol. The van der Waals surface area contributed by atoms with Crippen LogP contribution in [0.1, 0.15) is 31.7 Å². The van der Waals surface area contributed by atoms with Crippen LogP contribution in [0.2, 0.25) is 0 Å². The molecule has 0 aliphatic rings. The number of benzene rings is 2. The van der Waals surface area contributed by atoms with E-state index in [0.717, 1.165) is 18.4 Å². The topological polar surface area (TPSA) is 111 Å². The second kappa shape index (κ2) is 10.7. The third-order valence-electron chi connectivity index (χ3n) is 4.01. The van der Waals surface area contributed by atoms with Crippen molar-refractivity contribution in [2.75, 3.05) is 5.32 Å². The van der Waals surface area contributed by atoms with Gasteiger partial charge in [-0.25, -0.2) is 4.79 Å². The van der Waals surface area contributed by atoms with Crippen LogP contribution in [0.4, 0.5) is 16.2 Å². The Balaban J connectivity index is 1.93. The van der Waals surface area contributed by atoms with Crippen LogP contribution in [-0.2, 0) is 16.1 Å². The number of carbonyl (C=O) groups excluding carboxylic acids is 2. The number of hydrogen-bond donors (Lipinski definition) is 2. The molecular formula is C20H23N3O5. The number of amides is 2. The highest BCUT2D eigenvalue weighted by Crippen LogP contribution is 2.16. The van der Waals surface area contributed by atoms with Crippen molar-refractivity contribution in [3.63, 3.8) is 0 Å². The minimum atomic E-state index is -0.765. The largest absolute Gasteiger partial charge is 0.445 e. The number of alkyl carbamates (subject to hydrolysis) is 1. The molecule has 0 heterocycles. The summed E-state index contributed by atoms with van der Waals surface area (Å²) < 4.78 is 5.18. The molecule has 0 radical (unpaired) electrons. The molecule has 0 aliphatic carbocycles. The first-order valence-corrected chi connectivity index (χ1v) is 9.02. The summed E-state index contributed by atoms with van der Waals surface area (Å²) in [5.41, 5.74) is 1.19. The number of nitrogens with one attached hydrogen (secondary N) is 2. The molecule has 2 aromatic rings. The lowest BCUT2D eigenvalue weighted by Gasteiger charge is -2.18. The highest BCUT2D eigenvalue weighted by Gasteiger charge is 2.21. The van der Waals surface area contributed by atoms with E-state index in [1.54, 1.807) is 0 Å². The van der Waals surface area contributed by atoms with E-state index in [1.807, 2.05) is 37.3 Å². The highest BCUT2D eigenvalue weighted by molar-refractivity contribution is 5.96. The van der Waals surface area contributed by atoms with Crippen LogP contribution in [-0.4, -0.2) is 23.0 Å². The van der Waals surface area contributed by atoms with E-state index >= 15 is 0 Å². The van der Waals surface area contributed by atoms with Crippen LogP contribution < -0.4 is 10.6 Å². The van der Waals surface area contributed by atoms with Gasteiger partial charge in [-0.2, -0.15) is 0 Å². The van der Waals surface area contributed by atoms with Gasteiger partial charge in [-0.1, -0.05) is 50.1 Å². The van der Waals surface area contributed by atoms with Gasteiger partial charge in [0.1, 0.15) is 12.6 Å². The van der Waals surface area contributed by atoms with E-state index in [2.05, 4.69) is 10.6 Å². The first kappa shape index (κ1) is 20.9. The Labute approximate surface area is 163 Å². The molecule has 8 nitrogen and oxygen atoms in total. The molecule has 0 aromatic heterocycles. The average Bonchev–Trinajstić information content (AvgIpc) is 2.70. The number of carbonyl (C=O) groups is 2. The van der Waals surface area contributed by atoms with E-state index in [-0.39, 0.29) is 12.3 Å². The Morgan fingerprint density at radius 1 is 1.11 bits per heavy atom. The van der Waals surface area contributed by atoms with Crippen molar-refractivity contribution in [3.05, 3.63) is 70.3 Å². The van der Waals surface area contributed by atoms with E-state index < -0.39 is 23.0 Å². The molecule has 28 heavy (non-hydrogen) atoms. The summed E-state index contributed by atoms with van der Waals surface area (Å²) in [6.45, 7) is 2.09. The Hall–Kier alpha value is -3.42. The maximum absolute atomic E-state index is 12.5. The molecule has 8 heteroatoms. The number of unbranched alkanes of at least 4 members (excludes halogenated alkanes) is 1. The van der Waals surface area contributed by atoms with Gasteiger partial charge in [0.15, 0.2) is 0 Å². The molecule has 2 amide bonds. The van der Waals surface area contributed by atoms with Gasteiger partial charge < -0.3 is 15.4 Å². The van der Waals surface area contributed by atoms with Crippen molar-refractivity contribution in [1.29, 1.82) is 0 Å². The Morgan fingerprint density at radius 3 is 2.39 bits per heavy atom. The first-order chi connectivity index (χ1) is 13.5. The number of nitro benzene ring substituents is 1. The lowest BCUT2D eigenvalue weighted by molar-refractivity contribution is -0.384. The molecule has 2 aromatic carbocycles. The maximum atomic E-state index is 12.5. The van der Waals surface area contributed by atoms with Crippen molar-refractivity contribution in [2.45, 2.75) is 38.8 Å². The van der Waals surface area contributed by atoms with Gasteiger partial charge >= 0.3 is 6.09 Å². The fraction of sp³-hybridized carbons (Fsp3) is 0.300. The van der Waals surface area contributed by atoms with E-state index in [9.17, 15) is 19.7 Å². The molecule has 1 atom stereocenters. The number of non-ortho nitro benzene ring substituents is 1. The van der Waals surface area contributed by atoms with Crippen LogP contribution in [0.15, 0.2) is 54.6 Å². The normalized spacial score (nSPS) is 11.3. The van der Waals surface area contributed by atoms with E-state index in [0.29, 0.717) is 12.1 Å². The van der Waals surface area contributed by atoms with Crippen molar-refractivity contribution in [1.82, 2.24) is 5.32 Å². The number of nitro groups is 1. The standard InChI is InChI=1S/C20H23N3O5/c1-2-3-9-18(22-20(25)28-14-15-7-5-4-6-8-15)19(24)21-16-10-12-17(13-11-16)23(26)27/h4-8,10-13,18H,2-3,9,14H2,1H3,(H,21,24)(H,22,25)/t18-/m0/s1. The van der Waals surface area contributed by atoms with Gasteiger partial charge in [-0.05, 0) is 24.1 Å². The predicted octanol–water partition coefficient (Wildman–Crippen LogP) is 4.02. The van der Waals surface area contributed by atoms with Crippen LogP contribution >= 0.6 is 0 Å². The van der Waals surface area contributed by atoms with Gasteiger partial charge in [0, 0.05) is 17.8 Å². The van der Waals surface area contributed by atoms with Gasteiger partial charge in [-0.15, -0.1) is 0 Å². The molecule has 148 valence electrons. The molecule has 0 unspecified atom stereocenters. The maximum Gasteiger partial charge on any atom is 0.408 e. The van der Waals surface area contributed by atoms with Gasteiger partial charge in [-0.3, -0.25) is 14.9 Å².